The highest BCUT2D eigenvalue weighted by atomic mass is 32.2. The number of nitrogens with one attached hydrogen (secondary N) is 1. The minimum atomic E-state index is -3.97. The molecule has 1 N–H and O–H groups in total. The van der Waals surface area contributed by atoms with E-state index < -0.39 is 27.6 Å². The Morgan fingerprint density at radius 2 is 1.80 bits per heavy atom. The highest BCUT2D eigenvalue weighted by Gasteiger charge is 2.55. The Labute approximate surface area is 205 Å². The molecule has 0 aliphatic carbocycles. The topological polar surface area (TPSA) is 134 Å². The maximum atomic E-state index is 13.1. The Kier molecular flexibility index (Phi) is 9.41. The maximum Gasteiger partial charge on any atom is 0.320 e. The molecule has 2 aromatic carbocycles. The number of carbonyl (C=O) groups is 1. The molecular weight excluding hydrogens is 470 g/mol. The predicted octanol–water partition coefficient (Wildman–Crippen LogP) is 3.34. The van der Waals surface area contributed by atoms with Gasteiger partial charge in [-0.15, -0.1) is 6.58 Å². The molecule has 1 saturated heterocycles. The molecule has 0 bridgehead atoms. The molecule has 2 aromatic rings. The van der Waals surface area contributed by atoms with Crippen molar-refractivity contribution >= 4 is 16.2 Å². The van der Waals surface area contributed by atoms with E-state index in [0.29, 0.717) is 6.61 Å². The molecule has 0 radical (unpaired) electrons. The van der Waals surface area contributed by atoms with Crippen LogP contribution in [0.5, 0.6) is 0 Å². The van der Waals surface area contributed by atoms with Crippen molar-refractivity contribution in [1.82, 2.24) is 9.03 Å². The fourth-order valence-electron chi connectivity index (χ4n) is 3.92. The molecule has 1 aliphatic heterocycles. The zero-order chi connectivity index (χ0) is 25.2. The number of rotatable bonds is 13. The SMILES string of the molecule is C=CC[C@H]1CN(S(=O)(=O)NCCOCc2ccccc2)C[C@@]1(N=[N+]=[N-])C(=O)OCc1ccccc1. The van der Waals surface area contributed by atoms with Crippen LogP contribution in [-0.4, -0.2) is 50.5 Å². The van der Waals surface area contributed by atoms with E-state index in [1.165, 1.54) is 0 Å². The largest absolute Gasteiger partial charge is 0.460 e. The molecule has 35 heavy (non-hydrogen) atoms. The molecule has 1 heterocycles. The van der Waals surface area contributed by atoms with E-state index in [0.717, 1.165) is 15.4 Å². The highest BCUT2D eigenvalue weighted by molar-refractivity contribution is 7.87. The molecule has 0 spiro atoms. The standard InChI is InChI=1S/C24H29N5O5S/c1-2-9-22-16-29(35(31,32)26-14-15-33-17-20-10-5-3-6-11-20)19-24(22,27-28-25)23(30)34-18-21-12-7-4-8-13-21/h2-8,10-13,22,26H,1,9,14-19H2/t22-,24-/m0/s1. The monoisotopic (exact) mass is 499 g/mol. The second-order valence-corrected chi connectivity index (χ2v) is 9.88. The fourth-order valence-corrected chi connectivity index (χ4v) is 5.19. The van der Waals surface area contributed by atoms with Gasteiger partial charge in [-0.05, 0) is 29.0 Å². The van der Waals surface area contributed by atoms with Gasteiger partial charge in [0, 0.05) is 24.5 Å². The van der Waals surface area contributed by atoms with Gasteiger partial charge in [-0.25, -0.2) is 0 Å². The molecule has 0 unspecified atom stereocenters. The summed E-state index contributed by atoms with van der Waals surface area (Å²) >= 11 is 0. The number of esters is 1. The summed E-state index contributed by atoms with van der Waals surface area (Å²) in [5.41, 5.74) is 9.26. The Morgan fingerprint density at radius 3 is 2.40 bits per heavy atom. The van der Waals surface area contributed by atoms with E-state index >= 15 is 0 Å². The van der Waals surface area contributed by atoms with Gasteiger partial charge in [-0.1, -0.05) is 71.9 Å². The summed E-state index contributed by atoms with van der Waals surface area (Å²) in [6, 6.07) is 18.6. The summed E-state index contributed by atoms with van der Waals surface area (Å²) in [4.78, 5) is 16.0. The van der Waals surface area contributed by atoms with Gasteiger partial charge in [-0.2, -0.15) is 17.4 Å². The molecular formula is C24H29N5O5S. The van der Waals surface area contributed by atoms with Crippen LogP contribution in [0.15, 0.2) is 78.4 Å². The second kappa shape index (κ2) is 12.5. The van der Waals surface area contributed by atoms with E-state index in [2.05, 4.69) is 21.3 Å². The molecule has 10 nitrogen and oxygen atoms in total. The molecule has 3 rings (SSSR count). The van der Waals surface area contributed by atoms with Gasteiger partial charge in [0.25, 0.3) is 10.2 Å². The molecule has 2 atom stereocenters. The van der Waals surface area contributed by atoms with Crippen LogP contribution in [0, 0.1) is 5.92 Å². The summed E-state index contributed by atoms with van der Waals surface area (Å²) < 4.78 is 40.5. The van der Waals surface area contributed by atoms with Crippen LogP contribution >= 0.6 is 0 Å². The van der Waals surface area contributed by atoms with Crippen LogP contribution in [0.4, 0.5) is 0 Å². The van der Waals surface area contributed by atoms with E-state index in [1.807, 2.05) is 48.5 Å². The third kappa shape index (κ3) is 6.91. The lowest BCUT2D eigenvalue weighted by molar-refractivity contribution is -0.152. The van der Waals surface area contributed by atoms with Gasteiger partial charge in [0.1, 0.15) is 6.61 Å². The summed E-state index contributed by atoms with van der Waals surface area (Å²) in [6.07, 6.45) is 1.84. The number of ether oxygens (including phenoxy) is 2. The quantitative estimate of drug-likeness (QED) is 0.113. The predicted molar refractivity (Wildman–Crippen MR) is 131 cm³/mol. The van der Waals surface area contributed by atoms with Crippen molar-refractivity contribution in [3.05, 3.63) is 94.9 Å². The Morgan fingerprint density at radius 1 is 1.17 bits per heavy atom. The molecule has 0 saturated carbocycles. The van der Waals surface area contributed by atoms with Crippen LogP contribution < -0.4 is 4.72 Å². The van der Waals surface area contributed by atoms with E-state index in [4.69, 9.17) is 9.47 Å². The lowest BCUT2D eigenvalue weighted by Crippen LogP contribution is -2.47. The fraction of sp³-hybridized carbons (Fsp3) is 0.375. The third-order valence-corrected chi connectivity index (χ3v) is 7.27. The number of carbonyl (C=O) groups excluding carboxylic acids is 1. The normalized spacial score (nSPS) is 20.2. The second-order valence-electron chi connectivity index (χ2n) is 8.13. The molecule has 186 valence electrons. The van der Waals surface area contributed by atoms with Crippen molar-refractivity contribution in [2.45, 2.75) is 25.2 Å². The smallest absolute Gasteiger partial charge is 0.320 e. The van der Waals surface area contributed by atoms with Crippen LogP contribution in [0.3, 0.4) is 0 Å². The van der Waals surface area contributed by atoms with Crippen LogP contribution in [0.2, 0.25) is 0 Å². The van der Waals surface area contributed by atoms with Gasteiger partial charge in [-0.3, -0.25) is 4.79 Å². The summed E-state index contributed by atoms with van der Waals surface area (Å²) in [5, 5.41) is 3.77. The van der Waals surface area contributed by atoms with E-state index in [1.54, 1.807) is 18.2 Å². The lowest BCUT2D eigenvalue weighted by Gasteiger charge is -2.26. The van der Waals surface area contributed by atoms with Gasteiger partial charge < -0.3 is 9.47 Å². The Hall–Kier alpha value is -3.21. The highest BCUT2D eigenvalue weighted by Crippen LogP contribution is 2.37. The van der Waals surface area contributed by atoms with Crippen molar-refractivity contribution in [1.29, 1.82) is 0 Å². The molecule has 0 aromatic heterocycles. The van der Waals surface area contributed by atoms with Crippen molar-refractivity contribution in [2.24, 2.45) is 11.0 Å². The number of azide groups is 1. The summed E-state index contributed by atoms with van der Waals surface area (Å²) in [5.74, 6) is -1.39. The van der Waals surface area contributed by atoms with Crippen LogP contribution in [-0.2, 0) is 37.7 Å². The van der Waals surface area contributed by atoms with Crippen molar-refractivity contribution < 1.29 is 22.7 Å². The first-order chi connectivity index (χ1) is 16.9. The molecule has 1 aliphatic rings. The first kappa shape index (κ1) is 26.4. The van der Waals surface area contributed by atoms with E-state index in [9.17, 15) is 18.7 Å². The third-order valence-electron chi connectivity index (χ3n) is 5.74. The van der Waals surface area contributed by atoms with E-state index in [-0.39, 0.29) is 39.3 Å². The van der Waals surface area contributed by atoms with Crippen molar-refractivity contribution in [2.75, 3.05) is 26.2 Å². The zero-order valence-electron chi connectivity index (χ0n) is 19.3. The number of hydrogen-bond donors (Lipinski definition) is 1. The van der Waals surface area contributed by atoms with Crippen LogP contribution in [0.25, 0.3) is 10.4 Å². The summed E-state index contributed by atoms with van der Waals surface area (Å²) in [6.45, 7) is 3.90. The minimum absolute atomic E-state index is 0.0209. The van der Waals surface area contributed by atoms with Crippen molar-refractivity contribution in [3.8, 4) is 0 Å². The first-order valence-corrected chi connectivity index (χ1v) is 12.6. The van der Waals surface area contributed by atoms with Crippen LogP contribution in [0.1, 0.15) is 17.5 Å². The Bertz CT molecular complexity index is 1140. The van der Waals surface area contributed by atoms with Gasteiger partial charge in [0.05, 0.1) is 13.2 Å². The molecule has 1 fully saturated rings. The van der Waals surface area contributed by atoms with Crippen molar-refractivity contribution in [3.63, 3.8) is 0 Å². The number of hydrogen-bond acceptors (Lipinski definition) is 6. The van der Waals surface area contributed by atoms with Gasteiger partial charge >= 0.3 is 5.97 Å². The zero-order valence-corrected chi connectivity index (χ0v) is 20.1. The Balaban J connectivity index is 1.64. The first-order valence-electron chi connectivity index (χ1n) is 11.2. The minimum Gasteiger partial charge on any atom is -0.460 e. The average Bonchev–Trinajstić information content (AvgIpc) is 3.24. The number of nitrogens with zero attached hydrogens (tertiary/aromatic N) is 4. The van der Waals surface area contributed by atoms with Gasteiger partial charge in [0.15, 0.2) is 5.54 Å². The number of allylic oxidation sites excluding steroid dienone is 1. The summed E-state index contributed by atoms with van der Waals surface area (Å²) in [7, 11) is -3.97. The molecule has 0 amide bonds. The average molecular weight is 500 g/mol. The molecule has 11 heteroatoms. The maximum absolute atomic E-state index is 13.1. The van der Waals surface area contributed by atoms with Gasteiger partial charge in [0.2, 0.25) is 0 Å². The number of benzene rings is 2. The lowest BCUT2D eigenvalue weighted by atomic mass is 9.85.